The van der Waals surface area contributed by atoms with Gasteiger partial charge in [-0.3, -0.25) is 4.79 Å². The zero-order valence-corrected chi connectivity index (χ0v) is 17.9. The smallest absolute Gasteiger partial charge is 0.258 e. The van der Waals surface area contributed by atoms with Gasteiger partial charge in [-0.25, -0.2) is 4.68 Å². The Labute approximate surface area is 176 Å². The van der Waals surface area contributed by atoms with Gasteiger partial charge in [0, 0.05) is 0 Å². The third-order valence-corrected chi connectivity index (χ3v) is 7.20. The Bertz CT molecular complexity index is 1090. The van der Waals surface area contributed by atoms with Gasteiger partial charge in [0.1, 0.15) is 0 Å². The highest BCUT2D eigenvalue weighted by molar-refractivity contribution is 5.82. The number of aryl methyl sites for hydroxylation is 1. The van der Waals surface area contributed by atoms with Crippen molar-refractivity contribution in [2.24, 2.45) is 5.92 Å². The number of aromatic nitrogens is 5. The lowest BCUT2D eigenvalue weighted by atomic mass is 9.95. The maximum absolute atomic E-state index is 13.3. The second kappa shape index (κ2) is 7.95. The van der Waals surface area contributed by atoms with Gasteiger partial charge in [0.2, 0.25) is 5.82 Å². The van der Waals surface area contributed by atoms with Crippen molar-refractivity contribution in [3.63, 3.8) is 0 Å². The van der Waals surface area contributed by atoms with E-state index in [1.807, 2.05) is 23.7 Å². The molecule has 30 heavy (non-hydrogen) atoms. The lowest BCUT2D eigenvalue weighted by Crippen LogP contribution is -3.13. The molecule has 0 spiro atoms. The molecule has 7 heteroatoms. The fourth-order valence-corrected chi connectivity index (χ4v) is 5.38. The van der Waals surface area contributed by atoms with Crippen LogP contribution in [0.25, 0.3) is 10.9 Å². The Hall–Kier alpha value is -2.54. The van der Waals surface area contributed by atoms with Gasteiger partial charge in [0.15, 0.2) is 6.04 Å². The zero-order chi connectivity index (χ0) is 20.7. The number of quaternary nitrogens is 1. The molecule has 2 fully saturated rings. The van der Waals surface area contributed by atoms with E-state index in [-0.39, 0.29) is 11.6 Å². The van der Waals surface area contributed by atoms with Crippen molar-refractivity contribution in [1.82, 2.24) is 25.2 Å². The molecule has 2 N–H and O–H groups in total. The molecule has 1 aromatic carbocycles. The summed E-state index contributed by atoms with van der Waals surface area (Å²) in [4.78, 5) is 17.9. The number of likely N-dealkylation sites (tertiary alicyclic amines) is 1. The van der Waals surface area contributed by atoms with E-state index in [9.17, 15) is 4.79 Å². The van der Waals surface area contributed by atoms with Crippen molar-refractivity contribution in [2.75, 3.05) is 13.1 Å². The van der Waals surface area contributed by atoms with Gasteiger partial charge in [0.05, 0.1) is 30.2 Å². The molecule has 3 heterocycles. The third-order valence-electron chi connectivity index (χ3n) is 7.20. The summed E-state index contributed by atoms with van der Waals surface area (Å²) in [5, 5.41) is 14.0. The predicted molar refractivity (Wildman–Crippen MR) is 116 cm³/mol. The molecule has 158 valence electrons. The Morgan fingerprint density at radius 1 is 1.17 bits per heavy atom. The first-order valence-electron chi connectivity index (χ1n) is 11.4. The Balaban J connectivity index is 1.64. The number of piperidine rings is 1. The van der Waals surface area contributed by atoms with Crippen molar-refractivity contribution in [1.29, 1.82) is 0 Å². The van der Waals surface area contributed by atoms with Crippen molar-refractivity contribution < 1.29 is 4.90 Å². The predicted octanol–water partition coefficient (Wildman–Crippen LogP) is 2.34. The molecular weight excluding hydrogens is 376 g/mol. The number of nitrogens with one attached hydrogen (secondary N) is 2. The largest absolute Gasteiger partial charge is 0.322 e. The van der Waals surface area contributed by atoms with E-state index >= 15 is 0 Å². The number of rotatable bonds is 4. The van der Waals surface area contributed by atoms with Gasteiger partial charge in [-0.05, 0) is 66.0 Å². The number of nitrogens with zero attached hydrogens (tertiary/aromatic N) is 4. The molecule has 1 atom stereocenters. The second-order valence-corrected chi connectivity index (χ2v) is 9.29. The molecule has 2 aliphatic rings. The first kappa shape index (κ1) is 19.4. The third kappa shape index (κ3) is 3.45. The van der Waals surface area contributed by atoms with E-state index in [4.69, 9.17) is 0 Å². The van der Waals surface area contributed by atoms with Crippen LogP contribution in [0.2, 0.25) is 0 Å². The first-order chi connectivity index (χ1) is 14.6. The monoisotopic (exact) mass is 407 g/mol. The van der Waals surface area contributed by atoms with Crippen molar-refractivity contribution in [3.8, 4) is 0 Å². The second-order valence-electron chi connectivity index (χ2n) is 9.29. The van der Waals surface area contributed by atoms with Crippen LogP contribution in [-0.4, -0.2) is 38.3 Å². The van der Waals surface area contributed by atoms with E-state index in [0.29, 0.717) is 6.04 Å². The first-order valence-corrected chi connectivity index (χ1v) is 11.4. The number of pyridine rings is 1. The summed E-state index contributed by atoms with van der Waals surface area (Å²) in [6, 6.07) is 8.45. The summed E-state index contributed by atoms with van der Waals surface area (Å²) >= 11 is 0. The maximum atomic E-state index is 13.3. The number of H-pyrrole nitrogens is 1. The number of fused-ring (bicyclic) bond motifs is 1. The molecule has 3 aromatic rings. The number of para-hydroxylation sites is 1. The van der Waals surface area contributed by atoms with Crippen LogP contribution in [0.1, 0.15) is 74.5 Å². The Morgan fingerprint density at radius 3 is 2.70 bits per heavy atom. The van der Waals surface area contributed by atoms with Crippen LogP contribution in [0.3, 0.4) is 0 Å². The maximum Gasteiger partial charge on any atom is 0.258 e. The van der Waals surface area contributed by atoms with Crippen LogP contribution < -0.4 is 10.5 Å². The fraction of sp³-hybridized carbons (Fsp3) is 0.565. The standard InChI is InChI=1S/C23H30N6O/c1-15-10-12-28(13-11-15)21(22-25-26-27-29(22)18-8-3-4-9-18)19-14-17-7-5-6-16(2)20(17)24-23(19)30/h5-7,14-15,18,21H,3-4,8-13H2,1-2H3,(H,24,30)/p+1/t21-/m0/s1. The van der Waals surface area contributed by atoms with Crippen LogP contribution in [-0.2, 0) is 0 Å². The molecule has 0 unspecified atom stereocenters. The molecule has 0 radical (unpaired) electrons. The molecule has 2 aromatic heterocycles. The topological polar surface area (TPSA) is 80.9 Å². The van der Waals surface area contributed by atoms with E-state index in [1.54, 1.807) is 0 Å². The lowest BCUT2D eigenvalue weighted by Gasteiger charge is -2.33. The molecule has 1 aliphatic carbocycles. The summed E-state index contributed by atoms with van der Waals surface area (Å²) < 4.78 is 2.03. The molecule has 0 bridgehead atoms. The fourth-order valence-electron chi connectivity index (χ4n) is 5.38. The molecule has 1 saturated heterocycles. The van der Waals surface area contributed by atoms with Crippen LogP contribution >= 0.6 is 0 Å². The van der Waals surface area contributed by atoms with E-state index in [1.165, 1.54) is 30.6 Å². The summed E-state index contributed by atoms with van der Waals surface area (Å²) in [5.41, 5.74) is 2.77. The van der Waals surface area contributed by atoms with Crippen molar-refractivity contribution in [2.45, 2.75) is 64.5 Å². The van der Waals surface area contributed by atoms with Gasteiger partial charge < -0.3 is 9.88 Å². The summed E-state index contributed by atoms with van der Waals surface area (Å²) in [6.45, 7) is 6.43. The molecule has 5 rings (SSSR count). The Morgan fingerprint density at radius 2 is 1.93 bits per heavy atom. The minimum absolute atomic E-state index is 0.0195. The van der Waals surface area contributed by atoms with Gasteiger partial charge in [-0.2, -0.15) is 0 Å². The summed E-state index contributed by atoms with van der Waals surface area (Å²) in [6.07, 6.45) is 7.01. The van der Waals surface area contributed by atoms with E-state index in [0.717, 1.165) is 59.7 Å². The number of benzene rings is 1. The van der Waals surface area contributed by atoms with Crippen molar-refractivity contribution >= 4 is 10.9 Å². The SMILES string of the molecule is Cc1cccc2cc([C@@H](c3nnnn3C3CCCC3)[NH+]3CCC(C)CC3)c(=O)[nH]c12. The average Bonchev–Trinajstić information content (AvgIpc) is 3.43. The molecule has 7 nitrogen and oxygen atoms in total. The Kier molecular flexibility index (Phi) is 5.15. The minimum Gasteiger partial charge on any atom is -0.322 e. The lowest BCUT2D eigenvalue weighted by molar-refractivity contribution is -0.932. The van der Waals surface area contributed by atoms with Gasteiger partial charge in [0.25, 0.3) is 5.56 Å². The zero-order valence-electron chi connectivity index (χ0n) is 17.9. The van der Waals surface area contributed by atoms with Gasteiger partial charge in [-0.15, -0.1) is 5.10 Å². The molecular formula is C23H31N6O+. The highest BCUT2D eigenvalue weighted by Gasteiger charge is 2.37. The minimum atomic E-state index is -0.137. The average molecular weight is 408 g/mol. The molecule has 1 saturated carbocycles. The molecule has 1 aliphatic heterocycles. The van der Waals surface area contributed by atoms with E-state index < -0.39 is 0 Å². The number of aromatic amines is 1. The number of hydrogen-bond acceptors (Lipinski definition) is 4. The van der Waals surface area contributed by atoms with Gasteiger partial charge in [-0.1, -0.05) is 38.0 Å². The van der Waals surface area contributed by atoms with Crippen molar-refractivity contribution in [3.05, 3.63) is 51.6 Å². The van der Waals surface area contributed by atoms with Crippen LogP contribution in [0.5, 0.6) is 0 Å². The quantitative estimate of drug-likeness (QED) is 0.696. The summed E-state index contributed by atoms with van der Waals surface area (Å²) in [7, 11) is 0. The van der Waals surface area contributed by atoms with Gasteiger partial charge >= 0.3 is 0 Å². The van der Waals surface area contributed by atoms with Crippen LogP contribution in [0.15, 0.2) is 29.1 Å². The van der Waals surface area contributed by atoms with Crippen LogP contribution in [0, 0.1) is 12.8 Å². The number of hydrogen-bond donors (Lipinski definition) is 2. The highest BCUT2D eigenvalue weighted by atomic mass is 16.1. The van der Waals surface area contributed by atoms with Crippen LogP contribution in [0.4, 0.5) is 0 Å². The highest BCUT2D eigenvalue weighted by Crippen LogP contribution is 2.31. The summed E-state index contributed by atoms with van der Waals surface area (Å²) in [5.74, 6) is 1.58. The van der Waals surface area contributed by atoms with E-state index in [2.05, 4.69) is 39.6 Å². The normalized spacial score (nSPS) is 23.8. The number of tetrazole rings is 1. The molecule has 0 amide bonds.